The number of rotatable bonds is 4. The van der Waals surface area contributed by atoms with Crippen LogP contribution >= 0.6 is 11.3 Å². The minimum absolute atomic E-state index is 0.0657. The Kier molecular flexibility index (Phi) is 4.10. The molecule has 0 aliphatic rings. The molecule has 90 valence electrons. The van der Waals surface area contributed by atoms with Crippen molar-refractivity contribution >= 4 is 17.2 Å². The summed E-state index contributed by atoms with van der Waals surface area (Å²) in [4.78, 5) is 13.8. The zero-order valence-corrected chi connectivity index (χ0v) is 11.1. The van der Waals surface area contributed by atoms with Crippen LogP contribution in [-0.2, 0) is 6.42 Å². The first-order valence-corrected chi connectivity index (χ1v) is 6.24. The Morgan fingerprint density at radius 2 is 2.19 bits per heavy atom. The van der Waals surface area contributed by atoms with Crippen LogP contribution in [0.4, 0.5) is 0 Å². The fourth-order valence-electron chi connectivity index (χ4n) is 1.39. The Morgan fingerprint density at radius 1 is 1.56 bits per heavy atom. The molecule has 0 unspecified atom stereocenters. The second-order valence-corrected chi connectivity index (χ2v) is 5.70. The largest absolute Gasteiger partial charge is 0.394 e. The number of hydrogen-bond donors (Lipinski definition) is 2. The summed E-state index contributed by atoms with van der Waals surface area (Å²) in [5, 5.41) is 11.9. The van der Waals surface area contributed by atoms with Crippen molar-refractivity contribution in [1.29, 1.82) is 0 Å². The highest BCUT2D eigenvalue weighted by Gasteiger charge is 2.21. The molecule has 0 fully saturated rings. The van der Waals surface area contributed by atoms with E-state index in [1.165, 1.54) is 21.8 Å². The Hall–Kier alpha value is -0.870. The smallest absolute Gasteiger partial charge is 0.261 e. The van der Waals surface area contributed by atoms with Gasteiger partial charge in [-0.1, -0.05) is 6.92 Å². The van der Waals surface area contributed by atoms with E-state index in [-0.39, 0.29) is 12.5 Å². The molecule has 16 heavy (non-hydrogen) atoms. The maximum absolute atomic E-state index is 11.9. The predicted octanol–water partition coefficient (Wildman–Crippen LogP) is 2.12. The van der Waals surface area contributed by atoms with Crippen molar-refractivity contribution in [2.45, 2.75) is 39.7 Å². The third-order valence-electron chi connectivity index (χ3n) is 2.41. The van der Waals surface area contributed by atoms with Crippen molar-refractivity contribution in [1.82, 2.24) is 5.32 Å². The lowest BCUT2D eigenvalue weighted by Crippen LogP contribution is -2.46. The molecule has 1 amide bonds. The number of thiophene rings is 1. The summed E-state index contributed by atoms with van der Waals surface area (Å²) >= 11 is 1.53. The highest BCUT2D eigenvalue weighted by molar-refractivity contribution is 7.14. The third kappa shape index (κ3) is 3.06. The second-order valence-electron chi connectivity index (χ2n) is 4.57. The first-order valence-electron chi connectivity index (χ1n) is 5.42. The Bertz CT molecular complexity index is 382. The van der Waals surface area contributed by atoms with Crippen LogP contribution in [0.25, 0.3) is 0 Å². The second kappa shape index (κ2) is 4.97. The minimum atomic E-state index is -0.568. The van der Waals surface area contributed by atoms with Gasteiger partial charge in [0.05, 0.1) is 17.0 Å². The van der Waals surface area contributed by atoms with Gasteiger partial charge in [0.2, 0.25) is 0 Å². The molecule has 3 nitrogen and oxygen atoms in total. The van der Waals surface area contributed by atoms with Crippen molar-refractivity contribution in [2.24, 2.45) is 0 Å². The van der Waals surface area contributed by atoms with E-state index in [1.54, 1.807) is 13.8 Å². The molecule has 0 radical (unpaired) electrons. The quantitative estimate of drug-likeness (QED) is 0.848. The number of hydrogen-bond acceptors (Lipinski definition) is 3. The van der Waals surface area contributed by atoms with Gasteiger partial charge in [-0.05, 0) is 38.8 Å². The molecule has 0 spiro atoms. The van der Waals surface area contributed by atoms with Gasteiger partial charge in [-0.3, -0.25) is 4.79 Å². The van der Waals surface area contributed by atoms with Crippen LogP contribution in [-0.4, -0.2) is 23.2 Å². The fourth-order valence-corrected chi connectivity index (χ4v) is 2.40. The molecular formula is C12H19NO2S. The van der Waals surface area contributed by atoms with E-state index in [2.05, 4.69) is 12.2 Å². The van der Waals surface area contributed by atoms with Crippen LogP contribution in [0.1, 0.15) is 40.9 Å². The number of nitrogens with one attached hydrogen (secondary N) is 1. The number of carbonyl (C=O) groups excluding carboxylic acids is 1. The summed E-state index contributed by atoms with van der Waals surface area (Å²) in [5.74, 6) is -0.105. The van der Waals surface area contributed by atoms with Gasteiger partial charge < -0.3 is 10.4 Å². The molecule has 0 saturated heterocycles. The molecule has 0 aliphatic carbocycles. The average Bonchev–Trinajstić information content (AvgIpc) is 2.59. The number of aliphatic hydroxyl groups is 1. The van der Waals surface area contributed by atoms with Gasteiger partial charge in [0.25, 0.3) is 5.91 Å². The molecule has 4 heteroatoms. The Labute approximate surface area is 100 Å². The van der Waals surface area contributed by atoms with Crippen molar-refractivity contribution in [3.8, 4) is 0 Å². The van der Waals surface area contributed by atoms with E-state index in [0.717, 1.165) is 11.3 Å². The van der Waals surface area contributed by atoms with Crippen LogP contribution in [0.15, 0.2) is 6.07 Å². The summed E-state index contributed by atoms with van der Waals surface area (Å²) in [6.07, 6.45) is 0.952. The maximum Gasteiger partial charge on any atom is 0.261 e. The van der Waals surface area contributed by atoms with Gasteiger partial charge in [0.1, 0.15) is 0 Å². The summed E-state index contributed by atoms with van der Waals surface area (Å²) in [6.45, 7) is 7.63. The maximum atomic E-state index is 11.9. The van der Waals surface area contributed by atoms with Crippen LogP contribution < -0.4 is 5.32 Å². The molecule has 2 N–H and O–H groups in total. The van der Waals surface area contributed by atoms with E-state index in [4.69, 9.17) is 5.11 Å². The lowest BCUT2D eigenvalue weighted by atomic mass is 10.1. The molecular weight excluding hydrogens is 222 g/mol. The Balaban J connectivity index is 2.81. The van der Waals surface area contributed by atoms with E-state index in [9.17, 15) is 4.79 Å². The zero-order valence-electron chi connectivity index (χ0n) is 10.3. The molecule has 0 saturated carbocycles. The Morgan fingerprint density at radius 3 is 2.62 bits per heavy atom. The molecule has 0 aliphatic heterocycles. The fraction of sp³-hybridized carbons (Fsp3) is 0.583. The van der Waals surface area contributed by atoms with Crippen LogP contribution in [0.5, 0.6) is 0 Å². The number of aryl methyl sites for hydroxylation is 2. The number of amides is 1. The van der Waals surface area contributed by atoms with E-state index >= 15 is 0 Å². The van der Waals surface area contributed by atoms with Gasteiger partial charge in [-0.2, -0.15) is 0 Å². The van der Waals surface area contributed by atoms with Crippen LogP contribution in [0, 0.1) is 6.92 Å². The minimum Gasteiger partial charge on any atom is -0.394 e. The monoisotopic (exact) mass is 241 g/mol. The highest BCUT2D eigenvalue weighted by atomic mass is 32.1. The molecule has 0 aromatic carbocycles. The number of carbonyl (C=O) groups is 1. The van der Waals surface area contributed by atoms with Crippen LogP contribution in [0.3, 0.4) is 0 Å². The molecule has 1 heterocycles. The predicted molar refractivity (Wildman–Crippen MR) is 67.1 cm³/mol. The third-order valence-corrected chi connectivity index (χ3v) is 3.79. The number of aliphatic hydroxyl groups excluding tert-OH is 1. The van der Waals surface area contributed by atoms with Gasteiger partial charge in [0, 0.05) is 4.88 Å². The first kappa shape index (κ1) is 13.2. The van der Waals surface area contributed by atoms with Crippen molar-refractivity contribution in [2.75, 3.05) is 6.61 Å². The van der Waals surface area contributed by atoms with E-state index in [1.807, 2.05) is 13.0 Å². The lowest BCUT2D eigenvalue weighted by Gasteiger charge is -2.22. The zero-order chi connectivity index (χ0) is 12.3. The van der Waals surface area contributed by atoms with Gasteiger partial charge in [0.15, 0.2) is 0 Å². The summed E-state index contributed by atoms with van der Waals surface area (Å²) in [5.41, 5.74) is 0.598. The van der Waals surface area contributed by atoms with E-state index < -0.39 is 5.54 Å². The van der Waals surface area contributed by atoms with Crippen molar-refractivity contribution in [3.05, 3.63) is 21.4 Å². The van der Waals surface area contributed by atoms with Gasteiger partial charge in [-0.15, -0.1) is 11.3 Å². The summed E-state index contributed by atoms with van der Waals surface area (Å²) in [7, 11) is 0. The highest BCUT2D eigenvalue weighted by Crippen LogP contribution is 2.22. The van der Waals surface area contributed by atoms with Crippen molar-refractivity contribution < 1.29 is 9.90 Å². The SMILES string of the molecule is CCc1sc(C(=O)NC(C)(C)CO)cc1C. The van der Waals surface area contributed by atoms with Crippen molar-refractivity contribution in [3.63, 3.8) is 0 Å². The average molecular weight is 241 g/mol. The van der Waals surface area contributed by atoms with Gasteiger partial charge in [-0.25, -0.2) is 0 Å². The summed E-state index contributed by atoms with van der Waals surface area (Å²) in [6, 6.07) is 1.91. The molecule has 1 aromatic heterocycles. The normalized spacial score (nSPS) is 11.6. The van der Waals surface area contributed by atoms with Gasteiger partial charge >= 0.3 is 0 Å². The van der Waals surface area contributed by atoms with E-state index in [0.29, 0.717) is 0 Å². The molecule has 1 rings (SSSR count). The topological polar surface area (TPSA) is 49.3 Å². The first-order chi connectivity index (χ1) is 7.39. The summed E-state index contributed by atoms with van der Waals surface area (Å²) < 4.78 is 0. The molecule has 0 bridgehead atoms. The molecule has 0 atom stereocenters. The molecule has 1 aromatic rings. The standard InChI is InChI=1S/C12H19NO2S/c1-5-9-8(2)6-10(16-9)11(15)13-12(3,4)7-14/h6,14H,5,7H2,1-4H3,(H,13,15). The van der Waals surface area contributed by atoms with Crippen LogP contribution in [0.2, 0.25) is 0 Å². The lowest BCUT2D eigenvalue weighted by molar-refractivity contribution is 0.0873.